The topological polar surface area (TPSA) is 54.9 Å². The van der Waals surface area contributed by atoms with E-state index in [1.54, 1.807) is 6.20 Å². The highest BCUT2D eigenvalue weighted by Crippen LogP contribution is 2.37. The van der Waals surface area contributed by atoms with Crippen molar-refractivity contribution in [1.29, 1.82) is 0 Å². The first kappa shape index (κ1) is 17.3. The first-order valence-corrected chi connectivity index (χ1v) is 8.64. The van der Waals surface area contributed by atoms with Crippen LogP contribution in [0.4, 0.5) is 0 Å². The number of piperidine rings is 1. The predicted molar refractivity (Wildman–Crippen MR) is 90.5 cm³/mol. The molecule has 0 saturated carbocycles. The maximum absolute atomic E-state index is 12.1. The minimum absolute atomic E-state index is 0.107. The van der Waals surface area contributed by atoms with Crippen LogP contribution in [0, 0.1) is 0 Å². The fourth-order valence-corrected chi connectivity index (χ4v) is 3.48. The summed E-state index contributed by atoms with van der Waals surface area (Å²) in [6, 6.07) is 5.85. The zero-order chi connectivity index (χ0) is 17.0. The monoisotopic (exact) mass is 333 g/mol. The van der Waals surface area contributed by atoms with Crippen LogP contribution in [0.1, 0.15) is 25.0 Å². The summed E-state index contributed by atoms with van der Waals surface area (Å²) in [5.74, 6) is 0.204. The van der Waals surface area contributed by atoms with Crippen molar-refractivity contribution < 1.29 is 14.3 Å². The zero-order valence-electron chi connectivity index (χ0n) is 14.6. The van der Waals surface area contributed by atoms with E-state index in [-0.39, 0.29) is 17.6 Å². The van der Waals surface area contributed by atoms with Crippen LogP contribution >= 0.6 is 0 Å². The second-order valence-electron chi connectivity index (χ2n) is 7.07. The standard InChI is InChI=1S/C18H27N3O3/c1-20(2)12-17(22)21-9-6-18(7-10-21)11-16(14-24-18)23-13-15-5-3-4-8-19-15/h3-5,8,16H,6-7,9-14H2,1-2H3/t16-/m1/s1. The number of carbonyl (C=O) groups is 1. The number of amides is 1. The van der Waals surface area contributed by atoms with E-state index in [9.17, 15) is 4.79 Å². The lowest BCUT2D eigenvalue weighted by Crippen LogP contribution is -2.48. The van der Waals surface area contributed by atoms with Crippen LogP contribution < -0.4 is 0 Å². The van der Waals surface area contributed by atoms with E-state index >= 15 is 0 Å². The predicted octanol–water partition coefficient (Wildman–Crippen LogP) is 1.31. The number of rotatable bonds is 5. The zero-order valence-corrected chi connectivity index (χ0v) is 14.6. The van der Waals surface area contributed by atoms with Crippen LogP contribution in [-0.4, -0.2) is 72.7 Å². The first-order valence-electron chi connectivity index (χ1n) is 8.64. The van der Waals surface area contributed by atoms with Crippen molar-refractivity contribution in [2.24, 2.45) is 0 Å². The molecule has 132 valence electrons. The summed E-state index contributed by atoms with van der Waals surface area (Å²) >= 11 is 0. The molecule has 1 amide bonds. The van der Waals surface area contributed by atoms with Gasteiger partial charge in [0.1, 0.15) is 0 Å². The van der Waals surface area contributed by atoms with E-state index in [0.717, 1.165) is 38.0 Å². The van der Waals surface area contributed by atoms with E-state index in [2.05, 4.69) is 4.98 Å². The van der Waals surface area contributed by atoms with Gasteiger partial charge >= 0.3 is 0 Å². The Hall–Kier alpha value is -1.50. The molecule has 1 spiro atoms. The Bertz CT molecular complexity index is 542. The Balaban J connectivity index is 1.45. The number of ether oxygens (including phenoxy) is 2. The number of aromatic nitrogens is 1. The Morgan fingerprint density at radius 2 is 2.21 bits per heavy atom. The van der Waals surface area contributed by atoms with Gasteiger partial charge in [-0.1, -0.05) is 6.07 Å². The van der Waals surface area contributed by atoms with Gasteiger partial charge in [-0.3, -0.25) is 9.78 Å². The number of pyridine rings is 1. The van der Waals surface area contributed by atoms with E-state index in [1.165, 1.54) is 0 Å². The summed E-state index contributed by atoms with van der Waals surface area (Å²) in [6.07, 6.45) is 4.61. The fourth-order valence-electron chi connectivity index (χ4n) is 3.48. The van der Waals surface area contributed by atoms with Crippen molar-refractivity contribution in [3.8, 4) is 0 Å². The third-order valence-electron chi connectivity index (χ3n) is 4.85. The molecular formula is C18H27N3O3. The fraction of sp³-hybridized carbons (Fsp3) is 0.667. The third kappa shape index (κ3) is 4.32. The summed E-state index contributed by atoms with van der Waals surface area (Å²) < 4.78 is 12.1. The molecule has 1 atom stereocenters. The van der Waals surface area contributed by atoms with Crippen LogP contribution in [0.2, 0.25) is 0 Å². The molecule has 0 aromatic carbocycles. The minimum Gasteiger partial charge on any atom is -0.372 e. The van der Waals surface area contributed by atoms with Crippen molar-refractivity contribution in [3.05, 3.63) is 30.1 Å². The van der Waals surface area contributed by atoms with Gasteiger partial charge in [0, 0.05) is 25.7 Å². The molecule has 0 bridgehead atoms. The molecule has 24 heavy (non-hydrogen) atoms. The molecular weight excluding hydrogens is 306 g/mol. The Labute approximate surface area is 143 Å². The van der Waals surface area contributed by atoms with E-state index in [4.69, 9.17) is 9.47 Å². The second-order valence-corrected chi connectivity index (χ2v) is 7.07. The normalized spacial score (nSPS) is 23.1. The Morgan fingerprint density at radius 3 is 2.88 bits per heavy atom. The SMILES string of the molecule is CN(C)CC(=O)N1CCC2(CC1)C[C@@H](OCc1ccccn1)CO2. The molecule has 2 saturated heterocycles. The highest BCUT2D eigenvalue weighted by molar-refractivity contribution is 5.78. The molecule has 3 rings (SSSR count). The summed E-state index contributed by atoms with van der Waals surface area (Å²) in [5, 5.41) is 0. The molecule has 2 fully saturated rings. The molecule has 2 aliphatic rings. The van der Waals surface area contributed by atoms with Gasteiger partial charge < -0.3 is 19.3 Å². The quantitative estimate of drug-likeness (QED) is 0.813. The molecule has 0 aliphatic carbocycles. The minimum atomic E-state index is -0.107. The Morgan fingerprint density at radius 1 is 1.42 bits per heavy atom. The van der Waals surface area contributed by atoms with Crippen LogP contribution in [0.3, 0.4) is 0 Å². The summed E-state index contributed by atoms with van der Waals surface area (Å²) in [7, 11) is 3.85. The van der Waals surface area contributed by atoms with Crippen molar-refractivity contribution >= 4 is 5.91 Å². The smallest absolute Gasteiger partial charge is 0.236 e. The number of nitrogens with zero attached hydrogens (tertiary/aromatic N) is 3. The molecule has 0 radical (unpaired) electrons. The molecule has 0 unspecified atom stereocenters. The number of carbonyl (C=O) groups excluding carboxylic acids is 1. The molecule has 6 nitrogen and oxygen atoms in total. The third-order valence-corrected chi connectivity index (χ3v) is 4.85. The lowest BCUT2D eigenvalue weighted by molar-refractivity contribution is -0.136. The van der Waals surface area contributed by atoms with E-state index < -0.39 is 0 Å². The molecule has 6 heteroatoms. The average molecular weight is 333 g/mol. The van der Waals surface area contributed by atoms with Crippen LogP contribution in [0.25, 0.3) is 0 Å². The van der Waals surface area contributed by atoms with Gasteiger partial charge in [-0.05, 0) is 39.1 Å². The summed E-state index contributed by atoms with van der Waals surface area (Å²) in [6.45, 7) is 3.19. The highest BCUT2D eigenvalue weighted by Gasteiger charge is 2.43. The first-order chi connectivity index (χ1) is 11.6. The van der Waals surface area contributed by atoms with Gasteiger partial charge in [-0.25, -0.2) is 0 Å². The van der Waals surface area contributed by atoms with Crippen LogP contribution in [0.5, 0.6) is 0 Å². The van der Waals surface area contributed by atoms with Gasteiger partial charge in [0.2, 0.25) is 5.91 Å². The summed E-state index contributed by atoms with van der Waals surface area (Å²) in [4.78, 5) is 20.3. The number of hydrogen-bond acceptors (Lipinski definition) is 5. The van der Waals surface area contributed by atoms with Gasteiger partial charge in [0.15, 0.2) is 0 Å². The largest absolute Gasteiger partial charge is 0.372 e. The van der Waals surface area contributed by atoms with Crippen molar-refractivity contribution in [1.82, 2.24) is 14.8 Å². The highest BCUT2D eigenvalue weighted by atomic mass is 16.6. The molecule has 1 aromatic heterocycles. The van der Waals surface area contributed by atoms with E-state index in [0.29, 0.717) is 19.8 Å². The number of likely N-dealkylation sites (N-methyl/N-ethyl adjacent to an activating group) is 1. The second kappa shape index (κ2) is 7.59. The van der Waals surface area contributed by atoms with Crippen LogP contribution in [-0.2, 0) is 20.9 Å². The molecule has 2 aliphatic heterocycles. The van der Waals surface area contributed by atoms with Crippen molar-refractivity contribution in [3.63, 3.8) is 0 Å². The lowest BCUT2D eigenvalue weighted by Gasteiger charge is -2.39. The molecule has 3 heterocycles. The number of hydrogen-bond donors (Lipinski definition) is 0. The average Bonchev–Trinajstić information content (AvgIpc) is 2.97. The Kier molecular flexibility index (Phi) is 5.48. The lowest BCUT2D eigenvalue weighted by atomic mass is 9.88. The van der Waals surface area contributed by atoms with Crippen molar-refractivity contribution in [2.75, 3.05) is 40.3 Å². The maximum atomic E-state index is 12.1. The van der Waals surface area contributed by atoms with Gasteiger partial charge in [0.05, 0.1) is 37.2 Å². The van der Waals surface area contributed by atoms with E-state index in [1.807, 2.05) is 42.1 Å². The van der Waals surface area contributed by atoms with Crippen LogP contribution in [0.15, 0.2) is 24.4 Å². The summed E-state index contributed by atoms with van der Waals surface area (Å²) in [5.41, 5.74) is 0.839. The van der Waals surface area contributed by atoms with Gasteiger partial charge in [-0.15, -0.1) is 0 Å². The molecule has 1 aromatic rings. The van der Waals surface area contributed by atoms with Gasteiger partial charge in [0.25, 0.3) is 0 Å². The number of likely N-dealkylation sites (tertiary alicyclic amines) is 1. The molecule has 0 N–H and O–H groups in total. The maximum Gasteiger partial charge on any atom is 0.236 e. The van der Waals surface area contributed by atoms with Gasteiger partial charge in [-0.2, -0.15) is 0 Å². The van der Waals surface area contributed by atoms with Crippen molar-refractivity contribution in [2.45, 2.75) is 37.6 Å².